The quantitative estimate of drug-likeness (QED) is 0.764. The zero-order chi connectivity index (χ0) is 9.68. The molecular weight excluding hydrogens is 162 g/mol. The number of hydrogen-bond acceptors (Lipinski definition) is 2. The van der Waals surface area contributed by atoms with Gasteiger partial charge in [0.2, 0.25) is 0 Å². The third kappa shape index (κ3) is 2.60. The Morgan fingerprint density at radius 2 is 2.31 bits per heavy atom. The van der Waals surface area contributed by atoms with Gasteiger partial charge in [0.05, 0.1) is 6.61 Å². The van der Waals surface area contributed by atoms with Crippen LogP contribution in [0.3, 0.4) is 0 Å². The smallest absolute Gasteiger partial charge is 0.119 e. The summed E-state index contributed by atoms with van der Waals surface area (Å²) in [6.45, 7) is 6.99. The Kier molecular flexibility index (Phi) is 3.53. The van der Waals surface area contributed by atoms with Gasteiger partial charge in [0.25, 0.3) is 0 Å². The van der Waals surface area contributed by atoms with Crippen molar-refractivity contribution in [3.63, 3.8) is 0 Å². The maximum atomic E-state index is 5.49. The van der Waals surface area contributed by atoms with Crippen molar-refractivity contribution in [1.29, 1.82) is 0 Å². The van der Waals surface area contributed by atoms with Gasteiger partial charge < -0.3 is 10.5 Å². The molecule has 0 aliphatic carbocycles. The van der Waals surface area contributed by atoms with Crippen LogP contribution in [0.1, 0.15) is 12.5 Å². The minimum Gasteiger partial charge on any atom is -0.494 e. The lowest BCUT2D eigenvalue weighted by Gasteiger charge is -2.06. The van der Waals surface area contributed by atoms with E-state index in [2.05, 4.69) is 6.58 Å². The summed E-state index contributed by atoms with van der Waals surface area (Å²) in [5, 5.41) is 0. The second kappa shape index (κ2) is 4.67. The van der Waals surface area contributed by atoms with Crippen LogP contribution in [0.4, 0.5) is 0 Å². The van der Waals surface area contributed by atoms with Gasteiger partial charge in [-0.25, -0.2) is 0 Å². The second-order valence-corrected chi connectivity index (χ2v) is 2.77. The van der Waals surface area contributed by atoms with Gasteiger partial charge in [-0.1, -0.05) is 18.7 Å². The molecule has 2 nitrogen and oxygen atoms in total. The van der Waals surface area contributed by atoms with E-state index in [9.17, 15) is 0 Å². The number of ether oxygens (including phenoxy) is 1. The number of rotatable bonds is 4. The Hall–Kier alpha value is -1.28. The maximum Gasteiger partial charge on any atom is 0.119 e. The molecule has 1 rings (SSSR count). The Balaban J connectivity index is 2.85. The van der Waals surface area contributed by atoms with Crippen molar-refractivity contribution in [2.45, 2.75) is 6.92 Å². The molecular formula is C11H15NO. The van der Waals surface area contributed by atoms with E-state index in [1.807, 2.05) is 31.2 Å². The first-order valence-electron chi connectivity index (χ1n) is 4.39. The zero-order valence-electron chi connectivity index (χ0n) is 7.92. The Bertz CT molecular complexity index is 294. The van der Waals surface area contributed by atoms with Crippen molar-refractivity contribution in [3.05, 3.63) is 36.4 Å². The van der Waals surface area contributed by atoms with Crippen LogP contribution in [-0.2, 0) is 0 Å². The van der Waals surface area contributed by atoms with Gasteiger partial charge in [-0.15, -0.1) is 0 Å². The second-order valence-electron chi connectivity index (χ2n) is 2.77. The largest absolute Gasteiger partial charge is 0.494 e. The van der Waals surface area contributed by atoms with Gasteiger partial charge in [0, 0.05) is 6.54 Å². The first-order chi connectivity index (χ1) is 6.27. The summed E-state index contributed by atoms with van der Waals surface area (Å²) in [5.41, 5.74) is 7.47. The van der Waals surface area contributed by atoms with Crippen LogP contribution in [0.15, 0.2) is 30.8 Å². The summed E-state index contributed by atoms with van der Waals surface area (Å²) in [4.78, 5) is 0. The predicted octanol–water partition coefficient (Wildman–Crippen LogP) is 2.06. The fourth-order valence-corrected chi connectivity index (χ4v) is 1.09. The van der Waals surface area contributed by atoms with Gasteiger partial charge in [-0.05, 0) is 30.2 Å². The number of nitrogens with two attached hydrogens (primary N) is 1. The van der Waals surface area contributed by atoms with Crippen molar-refractivity contribution in [2.75, 3.05) is 13.2 Å². The third-order valence-electron chi connectivity index (χ3n) is 1.80. The highest BCUT2D eigenvalue weighted by Gasteiger charge is 1.98. The lowest BCUT2D eigenvalue weighted by molar-refractivity contribution is 0.340. The summed E-state index contributed by atoms with van der Waals surface area (Å²) in [6.07, 6.45) is 0. The van der Waals surface area contributed by atoms with E-state index in [0.717, 1.165) is 16.9 Å². The fraction of sp³-hybridized carbons (Fsp3) is 0.273. The highest BCUT2D eigenvalue weighted by atomic mass is 16.5. The van der Waals surface area contributed by atoms with Gasteiger partial charge in [0.1, 0.15) is 5.75 Å². The summed E-state index contributed by atoms with van der Waals surface area (Å²) in [6, 6.07) is 7.81. The molecule has 1 aromatic rings. The van der Waals surface area contributed by atoms with Crippen molar-refractivity contribution < 1.29 is 4.74 Å². The monoisotopic (exact) mass is 177 g/mol. The maximum absolute atomic E-state index is 5.49. The highest BCUT2D eigenvalue weighted by Crippen LogP contribution is 2.18. The van der Waals surface area contributed by atoms with E-state index in [4.69, 9.17) is 10.5 Å². The molecule has 2 heteroatoms. The predicted molar refractivity (Wildman–Crippen MR) is 55.7 cm³/mol. The lowest BCUT2D eigenvalue weighted by atomic mass is 10.1. The molecule has 0 heterocycles. The molecule has 13 heavy (non-hydrogen) atoms. The molecule has 0 unspecified atom stereocenters. The van der Waals surface area contributed by atoms with Crippen LogP contribution < -0.4 is 10.5 Å². The Morgan fingerprint density at radius 3 is 2.92 bits per heavy atom. The molecule has 0 bridgehead atoms. The topological polar surface area (TPSA) is 35.2 Å². The first kappa shape index (κ1) is 9.81. The minimum absolute atomic E-state index is 0.482. The summed E-state index contributed by atoms with van der Waals surface area (Å²) >= 11 is 0. The summed E-state index contributed by atoms with van der Waals surface area (Å²) in [7, 11) is 0. The van der Waals surface area contributed by atoms with Crippen LogP contribution in [0, 0.1) is 0 Å². The van der Waals surface area contributed by atoms with Crippen molar-refractivity contribution in [1.82, 2.24) is 0 Å². The highest BCUT2D eigenvalue weighted by molar-refractivity contribution is 5.65. The molecule has 0 aliphatic heterocycles. The van der Waals surface area contributed by atoms with Crippen LogP contribution >= 0.6 is 0 Å². The minimum atomic E-state index is 0.482. The third-order valence-corrected chi connectivity index (χ3v) is 1.80. The lowest BCUT2D eigenvalue weighted by Crippen LogP contribution is -2.01. The van der Waals surface area contributed by atoms with Crippen molar-refractivity contribution in [2.24, 2.45) is 5.73 Å². The molecule has 0 radical (unpaired) electrons. The number of benzene rings is 1. The zero-order valence-corrected chi connectivity index (χ0v) is 7.92. The van der Waals surface area contributed by atoms with Crippen LogP contribution in [-0.4, -0.2) is 13.2 Å². The molecule has 0 saturated heterocycles. The molecule has 0 aliphatic rings. The average Bonchev–Trinajstić information content (AvgIpc) is 2.18. The molecule has 0 aromatic heterocycles. The van der Waals surface area contributed by atoms with Gasteiger partial charge in [-0.3, -0.25) is 0 Å². The molecule has 0 atom stereocenters. The van der Waals surface area contributed by atoms with Crippen LogP contribution in [0.25, 0.3) is 5.57 Å². The molecule has 1 aromatic carbocycles. The van der Waals surface area contributed by atoms with Gasteiger partial charge >= 0.3 is 0 Å². The van der Waals surface area contributed by atoms with Crippen LogP contribution in [0.2, 0.25) is 0 Å². The summed E-state index contributed by atoms with van der Waals surface area (Å²) in [5.74, 6) is 0.870. The fourth-order valence-electron chi connectivity index (χ4n) is 1.09. The van der Waals surface area contributed by atoms with E-state index in [1.54, 1.807) is 0 Å². The normalized spacial score (nSPS) is 9.69. The van der Waals surface area contributed by atoms with E-state index >= 15 is 0 Å². The molecule has 70 valence electrons. The van der Waals surface area contributed by atoms with Crippen molar-refractivity contribution in [3.8, 4) is 5.75 Å². The van der Waals surface area contributed by atoms with E-state index in [-0.39, 0.29) is 0 Å². The molecule has 2 N–H and O–H groups in total. The number of hydrogen-bond donors (Lipinski definition) is 1. The van der Waals surface area contributed by atoms with E-state index in [1.165, 1.54) is 0 Å². The first-order valence-corrected chi connectivity index (χ1v) is 4.39. The SMILES string of the molecule is C=C(CN)c1cccc(OCC)c1. The molecule has 0 fully saturated rings. The Morgan fingerprint density at radius 1 is 1.54 bits per heavy atom. The molecule has 0 amide bonds. The van der Waals surface area contributed by atoms with Crippen molar-refractivity contribution >= 4 is 5.57 Å². The summed E-state index contributed by atoms with van der Waals surface area (Å²) < 4.78 is 5.36. The molecule has 0 spiro atoms. The standard InChI is InChI=1S/C11H15NO/c1-3-13-11-6-4-5-10(7-11)9(2)8-12/h4-7H,2-3,8,12H2,1H3. The molecule has 0 saturated carbocycles. The average molecular weight is 177 g/mol. The van der Waals surface area contributed by atoms with Gasteiger partial charge in [-0.2, -0.15) is 0 Å². The van der Waals surface area contributed by atoms with E-state index < -0.39 is 0 Å². The van der Waals surface area contributed by atoms with E-state index in [0.29, 0.717) is 13.2 Å². The Labute approximate surface area is 79.0 Å². The van der Waals surface area contributed by atoms with Gasteiger partial charge in [0.15, 0.2) is 0 Å². The van der Waals surface area contributed by atoms with Crippen LogP contribution in [0.5, 0.6) is 5.75 Å².